The first kappa shape index (κ1) is 18.6. The Morgan fingerprint density at radius 2 is 2.07 bits per heavy atom. The van der Waals surface area contributed by atoms with Gasteiger partial charge in [0.1, 0.15) is 18.5 Å². The van der Waals surface area contributed by atoms with Gasteiger partial charge in [-0.25, -0.2) is 4.98 Å². The van der Waals surface area contributed by atoms with Crippen molar-refractivity contribution in [2.24, 2.45) is 0 Å². The zero-order valence-electron chi connectivity index (χ0n) is 15.4. The fourth-order valence-electron chi connectivity index (χ4n) is 3.30. The molecule has 7 nitrogen and oxygen atoms in total. The second-order valence-corrected chi connectivity index (χ2v) is 7.71. The number of hydrogen-bond donors (Lipinski definition) is 2. The number of amides is 2. The van der Waals surface area contributed by atoms with E-state index >= 15 is 0 Å². The summed E-state index contributed by atoms with van der Waals surface area (Å²) in [6.45, 7) is 1.54. The van der Waals surface area contributed by atoms with Crippen LogP contribution in [0.3, 0.4) is 0 Å². The fraction of sp³-hybridized carbons (Fsp3) is 0.350. The molecule has 146 valence electrons. The molecule has 1 atom stereocenters. The van der Waals surface area contributed by atoms with E-state index in [-0.39, 0.29) is 31.0 Å². The lowest BCUT2D eigenvalue weighted by Crippen LogP contribution is -2.35. The van der Waals surface area contributed by atoms with Gasteiger partial charge in [0.25, 0.3) is 0 Å². The molecule has 0 aliphatic carbocycles. The number of nitrogens with one attached hydrogen (secondary N) is 2. The molecule has 4 rings (SSSR count). The molecule has 3 aromatic rings. The average molecular weight is 398 g/mol. The summed E-state index contributed by atoms with van der Waals surface area (Å²) < 4.78 is 7.28. The van der Waals surface area contributed by atoms with Gasteiger partial charge >= 0.3 is 0 Å². The quantitative estimate of drug-likeness (QED) is 0.639. The number of carbonyl (C=O) groups is 2. The molecule has 1 aromatic carbocycles. The van der Waals surface area contributed by atoms with Crippen LogP contribution in [0.5, 0.6) is 0 Å². The first-order chi connectivity index (χ1) is 13.7. The van der Waals surface area contributed by atoms with Crippen molar-refractivity contribution in [1.82, 2.24) is 20.2 Å². The summed E-state index contributed by atoms with van der Waals surface area (Å²) in [7, 11) is 0. The standard InChI is InChI=1S/C20H22N4O3S/c25-19(21-11-14-5-4-10-28-14)13-24-16-7-2-1-6-15(16)23-18(24)12-22-20(26)17-8-3-9-27-17/h1-2,4-7,10,17H,3,8-9,11-13H2,(H,21,25)(H,22,26). The summed E-state index contributed by atoms with van der Waals surface area (Å²) in [6.07, 6.45) is 1.26. The van der Waals surface area contributed by atoms with Crippen molar-refractivity contribution >= 4 is 34.2 Å². The van der Waals surface area contributed by atoms with E-state index in [1.54, 1.807) is 11.3 Å². The van der Waals surface area contributed by atoms with Gasteiger partial charge < -0.3 is 19.9 Å². The van der Waals surface area contributed by atoms with Crippen LogP contribution in [0, 0.1) is 0 Å². The molecular weight excluding hydrogens is 376 g/mol. The fourth-order valence-corrected chi connectivity index (χ4v) is 3.94. The Kier molecular flexibility index (Phi) is 5.68. The smallest absolute Gasteiger partial charge is 0.249 e. The number of imidazole rings is 1. The van der Waals surface area contributed by atoms with Gasteiger partial charge in [-0.15, -0.1) is 11.3 Å². The summed E-state index contributed by atoms with van der Waals surface area (Å²) in [4.78, 5) is 30.4. The minimum Gasteiger partial charge on any atom is -0.368 e. The number of ether oxygens (including phenoxy) is 1. The van der Waals surface area contributed by atoms with Crippen LogP contribution < -0.4 is 10.6 Å². The maximum Gasteiger partial charge on any atom is 0.249 e. The summed E-state index contributed by atoms with van der Waals surface area (Å²) in [6, 6.07) is 11.6. The Hall–Kier alpha value is -2.71. The van der Waals surface area contributed by atoms with Crippen molar-refractivity contribution < 1.29 is 14.3 Å². The van der Waals surface area contributed by atoms with Crippen LogP contribution in [0.25, 0.3) is 11.0 Å². The molecule has 2 amide bonds. The molecule has 0 spiro atoms. The summed E-state index contributed by atoms with van der Waals surface area (Å²) in [5, 5.41) is 7.82. The predicted molar refractivity (Wildman–Crippen MR) is 107 cm³/mol. The molecule has 2 aromatic heterocycles. The average Bonchev–Trinajstić information content (AvgIpc) is 3.46. The van der Waals surface area contributed by atoms with Crippen LogP contribution in [-0.4, -0.2) is 34.1 Å². The minimum absolute atomic E-state index is 0.0942. The topological polar surface area (TPSA) is 85.2 Å². The van der Waals surface area contributed by atoms with Gasteiger partial charge in [-0.2, -0.15) is 0 Å². The Balaban J connectivity index is 1.46. The highest BCUT2D eigenvalue weighted by Crippen LogP contribution is 2.17. The van der Waals surface area contributed by atoms with E-state index in [9.17, 15) is 9.59 Å². The van der Waals surface area contributed by atoms with Crippen LogP contribution in [0.1, 0.15) is 23.5 Å². The number of para-hydroxylation sites is 2. The molecule has 0 bridgehead atoms. The highest BCUT2D eigenvalue weighted by Gasteiger charge is 2.24. The number of benzene rings is 1. The third-order valence-electron chi connectivity index (χ3n) is 4.72. The van der Waals surface area contributed by atoms with E-state index < -0.39 is 0 Å². The second kappa shape index (κ2) is 8.53. The molecule has 2 N–H and O–H groups in total. The van der Waals surface area contributed by atoms with Gasteiger partial charge in [0.05, 0.1) is 24.1 Å². The minimum atomic E-state index is -0.382. The molecule has 1 fully saturated rings. The summed E-state index contributed by atoms with van der Waals surface area (Å²) >= 11 is 1.61. The predicted octanol–water partition coefficient (Wildman–Crippen LogP) is 2.21. The van der Waals surface area contributed by atoms with Gasteiger partial charge in [-0.3, -0.25) is 9.59 Å². The number of rotatable bonds is 7. The van der Waals surface area contributed by atoms with Crippen LogP contribution in [0.15, 0.2) is 41.8 Å². The van der Waals surface area contributed by atoms with Gasteiger partial charge in [-0.05, 0) is 36.4 Å². The third kappa shape index (κ3) is 4.23. The van der Waals surface area contributed by atoms with Crippen molar-refractivity contribution in [2.45, 2.75) is 38.6 Å². The largest absolute Gasteiger partial charge is 0.368 e. The third-order valence-corrected chi connectivity index (χ3v) is 5.59. The maximum atomic E-state index is 12.5. The van der Waals surface area contributed by atoms with Crippen molar-refractivity contribution in [2.75, 3.05) is 6.61 Å². The van der Waals surface area contributed by atoms with E-state index in [4.69, 9.17) is 4.74 Å². The van der Waals surface area contributed by atoms with Crippen molar-refractivity contribution in [1.29, 1.82) is 0 Å². The zero-order chi connectivity index (χ0) is 19.3. The molecule has 1 saturated heterocycles. The summed E-state index contributed by atoms with van der Waals surface area (Å²) in [5.74, 6) is 0.431. The maximum absolute atomic E-state index is 12.5. The molecule has 3 heterocycles. The van der Waals surface area contributed by atoms with Crippen LogP contribution in [0.2, 0.25) is 0 Å². The van der Waals surface area contributed by atoms with E-state index in [1.165, 1.54) is 0 Å². The Morgan fingerprint density at radius 3 is 2.86 bits per heavy atom. The first-order valence-electron chi connectivity index (χ1n) is 9.33. The molecule has 1 unspecified atom stereocenters. The van der Waals surface area contributed by atoms with E-state index in [0.29, 0.717) is 19.0 Å². The van der Waals surface area contributed by atoms with Crippen LogP contribution >= 0.6 is 11.3 Å². The molecule has 28 heavy (non-hydrogen) atoms. The van der Waals surface area contributed by atoms with E-state index in [1.807, 2.05) is 46.3 Å². The lowest BCUT2D eigenvalue weighted by Gasteiger charge is -2.12. The number of fused-ring (bicyclic) bond motifs is 1. The molecule has 8 heteroatoms. The first-order valence-corrected chi connectivity index (χ1v) is 10.2. The molecular formula is C20H22N4O3S. The summed E-state index contributed by atoms with van der Waals surface area (Å²) in [5.41, 5.74) is 1.67. The van der Waals surface area contributed by atoms with Crippen LogP contribution in [0.4, 0.5) is 0 Å². The van der Waals surface area contributed by atoms with Crippen LogP contribution in [-0.2, 0) is 34.0 Å². The molecule has 1 aliphatic rings. The highest BCUT2D eigenvalue weighted by atomic mass is 32.1. The van der Waals surface area contributed by atoms with Crippen molar-refractivity contribution in [3.05, 3.63) is 52.5 Å². The number of carbonyl (C=O) groups excluding carboxylic acids is 2. The monoisotopic (exact) mass is 398 g/mol. The number of nitrogens with zero attached hydrogens (tertiary/aromatic N) is 2. The molecule has 1 aliphatic heterocycles. The Labute approximate surface area is 166 Å². The van der Waals surface area contributed by atoms with Crippen molar-refractivity contribution in [3.63, 3.8) is 0 Å². The molecule has 0 radical (unpaired) electrons. The normalized spacial score (nSPS) is 16.4. The number of aromatic nitrogens is 2. The Bertz CT molecular complexity index is 961. The lowest BCUT2D eigenvalue weighted by molar-refractivity contribution is -0.130. The van der Waals surface area contributed by atoms with E-state index in [0.717, 1.165) is 28.8 Å². The van der Waals surface area contributed by atoms with E-state index in [2.05, 4.69) is 15.6 Å². The Morgan fingerprint density at radius 1 is 1.18 bits per heavy atom. The van der Waals surface area contributed by atoms with Gasteiger partial charge in [0.2, 0.25) is 11.8 Å². The highest BCUT2D eigenvalue weighted by molar-refractivity contribution is 7.09. The zero-order valence-corrected chi connectivity index (χ0v) is 16.2. The van der Waals surface area contributed by atoms with Crippen molar-refractivity contribution in [3.8, 4) is 0 Å². The SMILES string of the molecule is O=C(Cn1c(CNC(=O)C2CCCO2)nc2ccccc21)NCc1cccs1. The molecule has 0 saturated carbocycles. The van der Waals surface area contributed by atoms with Gasteiger partial charge in [0.15, 0.2) is 0 Å². The van der Waals surface area contributed by atoms with Gasteiger partial charge in [-0.1, -0.05) is 18.2 Å². The number of thiophene rings is 1. The van der Waals surface area contributed by atoms with Gasteiger partial charge in [0, 0.05) is 11.5 Å². The lowest BCUT2D eigenvalue weighted by atomic mass is 10.2. The second-order valence-electron chi connectivity index (χ2n) is 6.68. The number of hydrogen-bond acceptors (Lipinski definition) is 5.